The lowest BCUT2D eigenvalue weighted by Gasteiger charge is -2.32. The van der Waals surface area contributed by atoms with Crippen LogP contribution < -0.4 is 16.0 Å². The van der Waals surface area contributed by atoms with Gasteiger partial charge in [-0.15, -0.1) is 0 Å². The zero-order valence-corrected chi connectivity index (χ0v) is 18.9. The van der Waals surface area contributed by atoms with Crippen LogP contribution in [0, 0.1) is 0 Å². The number of aliphatic hydroxyl groups excluding tert-OH is 1. The van der Waals surface area contributed by atoms with Gasteiger partial charge in [-0.1, -0.05) is 30.3 Å². The highest BCUT2D eigenvalue weighted by atomic mass is 16.6. The monoisotopic (exact) mass is 423 g/mol. The fourth-order valence-corrected chi connectivity index (χ4v) is 2.88. The molecule has 2 amide bonds. The van der Waals surface area contributed by atoms with Gasteiger partial charge in [0.25, 0.3) is 0 Å². The fraction of sp³-hybridized carbons (Fsp3) is 0.636. The van der Waals surface area contributed by atoms with Crippen molar-refractivity contribution in [3.05, 3.63) is 35.9 Å². The van der Waals surface area contributed by atoms with Crippen molar-refractivity contribution in [3.8, 4) is 0 Å². The van der Waals surface area contributed by atoms with Gasteiger partial charge in [0.2, 0.25) is 5.91 Å². The van der Waals surface area contributed by atoms with Gasteiger partial charge in [-0.3, -0.25) is 4.79 Å². The van der Waals surface area contributed by atoms with Crippen LogP contribution in [0.25, 0.3) is 0 Å². The predicted octanol–water partition coefficient (Wildman–Crippen LogP) is 1.61. The Balaban J connectivity index is 3.07. The molecular weight excluding hydrogens is 386 g/mol. The molecule has 0 aliphatic carbocycles. The number of rotatable bonds is 11. The maximum absolute atomic E-state index is 12.7. The molecule has 0 unspecified atom stereocenters. The molecule has 4 N–H and O–H groups in total. The Morgan fingerprint density at radius 1 is 1.10 bits per heavy atom. The molecule has 0 radical (unpaired) electrons. The maximum atomic E-state index is 12.7. The summed E-state index contributed by atoms with van der Waals surface area (Å²) in [5.41, 5.74) is 0.231. The molecule has 0 saturated heterocycles. The number of ether oxygens (including phenoxy) is 2. The van der Waals surface area contributed by atoms with Gasteiger partial charge in [-0.2, -0.15) is 0 Å². The van der Waals surface area contributed by atoms with Crippen molar-refractivity contribution < 1.29 is 24.2 Å². The number of carbonyl (C=O) groups excluding carboxylic acids is 2. The number of benzene rings is 1. The molecule has 0 heterocycles. The summed E-state index contributed by atoms with van der Waals surface area (Å²) in [6.07, 6.45) is -1.52. The molecule has 0 saturated carbocycles. The van der Waals surface area contributed by atoms with E-state index in [0.717, 1.165) is 5.56 Å². The summed E-state index contributed by atoms with van der Waals surface area (Å²) in [4.78, 5) is 25.2. The van der Waals surface area contributed by atoms with Crippen molar-refractivity contribution in [2.75, 3.05) is 20.3 Å². The van der Waals surface area contributed by atoms with E-state index >= 15 is 0 Å². The predicted molar refractivity (Wildman–Crippen MR) is 116 cm³/mol. The second-order valence-corrected chi connectivity index (χ2v) is 8.52. The molecule has 0 aliphatic heterocycles. The molecule has 0 aromatic heterocycles. The molecule has 0 spiro atoms. The SMILES string of the molecule is COCCN[C@@H](C(=O)NC(C)C)[C@H](O)[C@H](Cc1ccccc1)NC(=O)OC(C)(C)C. The van der Waals surface area contributed by atoms with Crippen molar-refractivity contribution >= 4 is 12.0 Å². The first-order valence-corrected chi connectivity index (χ1v) is 10.3. The number of aliphatic hydroxyl groups is 1. The normalized spacial score (nSPS) is 14.7. The van der Waals surface area contributed by atoms with Crippen LogP contribution in [0.1, 0.15) is 40.2 Å². The third-order valence-electron chi connectivity index (χ3n) is 4.14. The lowest BCUT2D eigenvalue weighted by molar-refractivity contribution is -0.127. The summed E-state index contributed by atoms with van der Waals surface area (Å²) < 4.78 is 10.4. The molecule has 8 nitrogen and oxygen atoms in total. The lowest BCUT2D eigenvalue weighted by atomic mass is 9.95. The molecule has 3 atom stereocenters. The first-order chi connectivity index (χ1) is 14.0. The van der Waals surface area contributed by atoms with Crippen molar-refractivity contribution in [2.24, 2.45) is 0 Å². The van der Waals surface area contributed by atoms with Gasteiger partial charge < -0.3 is 30.5 Å². The highest BCUT2D eigenvalue weighted by Gasteiger charge is 2.34. The summed E-state index contributed by atoms with van der Waals surface area (Å²) in [6, 6.07) is 7.67. The van der Waals surface area contributed by atoms with E-state index < -0.39 is 29.9 Å². The van der Waals surface area contributed by atoms with E-state index in [4.69, 9.17) is 9.47 Å². The van der Waals surface area contributed by atoms with E-state index in [0.29, 0.717) is 19.6 Å². The second kappa shape index (κ2) is 12.5. The number of alkyl carbamates (subject to hydrolysis) is 1. The van der Waals surface area contributed by atoms with Crippen molar-refractivity contribution in [1.82, 2.24) is 16.0 Å². The summed E-state index contributed by atoms with van der Waals surface area (Å²) >= 11 is 0. The minimum absolute atomic E-state index is 0.0946. The molecule has 1 rings (SSSR count). The Morgan fingerprint density at radius 3 is 2.27 bits per heavy atom. The van der Waals surface area contributed by atoms with E-state index in [1.165, 1.54) is 0 Å². The summed E-state index contributed by atoms with van der Waals surface area (Å²) in [7, 11) is 1.56. The van der Waals surface area contributed by atoms with Gasteiger partial charge in [0.05, 0.1) is 18.8 Å². The molecule has 8 heteroatoms. The number of methoxy groups -OCH3 is 1. The molecule has 1 aromatic carbocycles. The minimum atomic E-state index is -1.20. The van der Waals surface area contributed by atoms with Crippen LogP contribution in [0.3, 0.4) is 0 Å². The van der Waals surface area contributed by atoms with Crippen molar-refractivity contribution in [3.63, 3.8) is 0 Å². The number of carbonyl (C=O) groups is 2. The van der Waals surface area contributed by atoms with Gasteiger partial charge in [0.1, 0.15) is 11.6 Å². The first-order valence-electron chi connectivity index (χ1n) is 10.3. The van der Waals surface area contributed by atoms with Crippen LogP contribution in [0.15, 0.2) is 30.3 Å². The smallest absolute Gasteiger partial charge is 0.407 e. The topological polar surface area (TPSA) is 109 Å². The van der Waals surface area contributed by atoms with E-state index in [-0.39, 0.29) is 11.9 Å². The van der Waals surface area contributed by atoms with Gasteiger partial charge >= 0.3 is 6.09 Å². The van der Waals surface area contributed by atoms with E-state index in [1.54, 1.807) is 27.9 Å². The first kappa shape index (κ1) is 25.9. The van der Waals surface area contributed by atoms with Gasteiger partial charge in [-0.05, 0) is 46.6 Å². The average molecular weight is 424 g/mol. The molecule has 30 heavy (non-hydrogen) atoms. The molecular formula is C22H37N3O5. The standard InChI is InChI=1S/C22H37N3O5/c1-15(2)24-20(27)18(23-12-13-29-6)19(26)17(14-16-10-8-7-9-11-16)25-21(28)30-22(3,4)5/h7-11,15,17-19,23,26H,12-14H2,1-6H3,(H,24,27)(H,25,28)/t17-,18+,19+/m0/s1. The Labute approximate surface area is 179 Å². The van der Waals surface area contributed by atoms with Crippen molar-refractivity contribution in [1.29, 1.82) is 0 Å². The molecule has 0 fully saturated rings. The van der Waals surface area contributed by atoms with E-state index in [2.05, 4.69) is 16.0 Å². The Bertz CT molecular complexity index is 646. The van der Waals surface area contributed by atoms with Crippen LogP contribution in [-0.4, -0.2) is 67.2 Å². The van der Waals surface area contributed by atoms with Gasteiger partial charge in [-0.25, -0.2) is 4.79 Å². The van der Waals surface area contributed by atoms with E-state index in [9.17, 15) is 14.7 Å². The number of amides is 2. The Hall–Kier alpha value is -2.16. The van der Waals surface area contributed by atoms with Gasteiger partial charge in [0.15, 0.2) is 0 Å². The third kappa shape index (κ3) is 10.0. The van der Waals surface area contributed by atoms with Gasteiger partial charge in [0, 0.05) is 19.7 Å². The summed E-state index contributed by atoms with van der Waals surface area (Å²) in [5, 5.41) is 19.7. The number of hydrogen-bond donors (Lipinski definition) is 4. The second-order valence-electron chi connectivity index (χ2n) is 8.52. The number of hydrogen-bond acceptors (Lipinski definition) is 6. The number of nitrogens with one attached hydrogen (secondary N) is 3. The molecule has 0 bridgehead atoms. The zero-order chi connectivity index (χ0) is 22.7. The molecule has 170 valence electrons. The molecule has 0 aliphatic rings. The quantitative estimate of drug-likeness (QED) is 0.403. The largest absolute Gasteiger partial charge is 0.444 e. The lowest BCUT2D eigenvalue weighted by Crippen LogP contribution is -2.60. The highest BCUT2D eigenvalue weighted by Crippen LogP contribution is 2.12. The van der Waals surface area contributed by atoms with Crippen LogP contribution in [-0.2, 0) is 20.7 Å². The minimum Gasteiger partial charge on any atom is -0.444 e. The third-order valence-corrected chi connectivity index (χ3v) is 4.14. The Kier molecular flexibility index (Phi) is 10.8. The summed E-state index contributed by atoms with van der Waals surface area (Å²) in [5.74, 6) is -0.349. The Morgan fingerprint density at radius 2 is 1.73 bits per heavy atom. The van der Waals surface area contributed by atoms with Crippen LogP contribution in [0.2, 0.25) is 0 Å². The average Bonchev–Trinajstić information content (AvgIpc) is 2.63. The zero-order valence-electron chi connectivity index (χ0n) is 18.9. The fourth-order valence-electron chi connectivity index (χ4n) is 2.88. The maximum Gasteiger partial charge on any atom is 0.407 e. The highest BCUT2D eigenvalue weighted by molar-refractivity contribution is 5.83. The van der Waals surface area contributed by atoms with E-state index in [1.807, 2.05) is 44.2 Å². The van der Waals surface area contributed by atoms with Crippen LogP contribution in [0.4, 0.5) is 4.79 Å². The van der Waals surface area contributed by atoms with Crippen LogP contribution in [0.5, 0.6) is 0 Å². The van der Waals surface area contributed by atoms with Crippen LogP contribution >= 0.6 is 0 Å². The molecule has 1 aromatic rings. The summed E-state index contributed by atoms with van der Waals surface area (Å²) in [6.45, 7) is 9.73. The van der Waals surface area contributed by atoms with Crippen molar-refractivity contribution in [2.45, 2.75) is 70.9 Å².